The number of hydrogen-bond acceptors (Lipinski definition) is 3. The van der Waals surface area contributed by atoms with Crippen molar-refractivity contribution in [2.24, 2.45) is 0 Å². The maximum Gasteiger partial charge on any atom is 0.201 e. The number of nitrogen functional groups attached to an aromatic ring is 1. The second-order valence-corrected chi connectivity index (χ2v) is 6.34. The molecule has 96 valence electrons. The first kappa shape index (κ1) is 12.2. The average Bonchev–Trinajstić information content (AvgIpc) is 2.85. The minimum atomic E-state index is -0.106. The Kier molecular flexibility index (Phi) is 2.97. The molecule has 5 heteroatoms. The molecule has 3 rings (SSSR count). The van der Waals surface area contributed by atoms with Crippen molar-refractivity contribution in [2.45, 2.75) is 31.9 Å². The van der Waals surface area contributed by atoms with Gasteiger partial charge in [-0.05, 0) is 60.6 Å². The molecule has 2 N–H and O–H groups in total. The van der Waals surface area contributed by atoms with E-state index in [1.54, 1.807) is 0 Å². The average molecular weight is 357 g/mol. The predicted octanol–water partition coefficient (Wildman–Crippen LogP) is 2.79. The molecule has 1 aliphatic rings. The molecule has 0 saturated carbocycles. The van der Waals surface area contributed by atoms with E-state index >= 15 is 0 Å². The lowest BCUT2D eigenvalue weighted by molar-refractivity contribution is 0.00750. The third-order valence-electron chi connectivity index (χ3n) is 3.53. The Morgan fingerprint density at radius 1 is 1.56 bits per heavy atom. The molecular weight excluding hydrogens is 341 g/mol. The van der Waals surface area contributed by atoms with Crippen molar-refractivity contribution >= 4 is 39.6 Å². The van der Waals surface area contributed by atoms with E-state index in [-0.39, 0.29) is 5.60 Å². The molecule has 1 aromatic carbocycles. The lowest BCUT2D eigenvalue weighted by atomic mass is 10.0. The Bertz CT molecular complexity index is 587. The van der Waals surface area contributed by atoms with E-state index in [9.17, 15) is 0 Å². The number of benzene rings is 1. The maximum absolute atomic E-state index is 6.03. The maximum atomic E-state index is 6.03. The molecule has 0 spiro atoms. The SMILES string of the molecule is CC1(Cn2c(N)nc3cc(I)ccc32)CCCO1. The number of fused-ring (bicyclic) bond motifs is 1. The number of imidazole rings is 1. The smallest absolute Gasteiger partial charge is 0.201 e. The lowest BCUT2D eigenvalue weighted by Crippen LogP contribution is -2.30. The summed E-state index contributed by atoms with van der Waals surface area (Å²) in [5, 5.41) is 0. The summed E-state index contributed by atoms with van der Waals surface area (Å²) in [6.07, 6.45) is 2.21. The van der Waals surface area contributed by atoms with Crippen LogP contribution in [0, 0.1) is 3.57 Å². The van der Waals surface area contributed by atoms with E-state index in [1.807, 2.05) is 0 Å². The van der Waals surface area contributed by atoms with Gasteiger partial charge in [0.1, 0.15) is 0 Å². The molecule has 1 unspecified atom stereocenters. The molecule has 0 radical (unpaired) electrons. The Morgan fingerprint density at radius 2 is 2.39 bits per heavy atom. The first-order valence-corrected chi connectivity index (χ1v) is 7.21. The van der Waals surface area contributed by atoms with E-state index in [0.717, 1.165) is 37.0 Å². The van der Waals surface area contributed by atoms with Gasteiger partial charge in [0.15, 0.2) is 0 Å². The van der Waals surface area contributed by atoms with Crippen LogP contribution in [-0.4, -0.2) is 21.8 Å². The quantitative estimate of drug-likeness (QED) is 0.841. The summed E-state index contributed by atoms with van der Waals surface area (Å²) in [5.74, 6) is 0.573. The van der Waals surface area contributed by atoms with Gasteiger partial charge in [-0.1, -0.05) is 0 Å². The van der Waals surface area contributed by atoms with Crippen LogP contribution in [0.25, 0.3) is 11.0 Å². The number of nitrogens with zero attached hydrogens (tertiary/aromatic N) is 2. The largest absolute Gasteiger partial charge is 0.373 e. The minimum Gasteiger partial charge on any atom is -0.373 e. The fourth-order valence-electron chi connectivity index (χ4n) is 2.58. The molecule has 18 heavy (non-hydrogen) atoms. The van der Waals surface area contributed by atoms with Crippen LogP contribution in [-0.2, 0) is 11.3 Å². The molecule has 1 atom stereocenters. The molecule has 2 heterocycles. The van der Waals surface area contributed by atoms with Crippen LogP contribution in [0.2, 0.25) is 0 Å². The fraction of sp³-hybridized carbons (Fsp3) is 0.462. The van der Waals surface area contributed by atoms with Gasteiger partial charge in [0.2, 0.25) is 5.95 Å². The van der Waals surface area contributed by atoms with Crippen LogP contribution in [0.15, 0.2) is 18.2 Å². The summed E-state index contributed by atoms with van der Waals surface area (Å²) in [5.41, 5.74) is 7.97. The third-order valence-corrected chi connectivity index (χ3v) is 4.20. The zero-order valence-corrected chi connectivity index (χ0v) is 12.5. The van der Waals surface area contributed by atoms with Crippen LogP contribution in [0.1, 0.15) is 19.8 Å². The highest BCUT2D eigenvalue weighted by atomic mass is 127. The minimum absolute atomic E-state index is 0.106. The van der Waals surface area contributed by atoms with E-state index in [0.29, 0.717) is 5.95 Å². The van der Waals surface area contributed by atoms with Gasteiger partial charge < -0.3 is 15.0 Å². The standard InChI is InChI=1S/C13H16IN3O/c1-13(5-2-6-18-13)8-17-11-4-3-9(14)7-10(11)16-12(17)15/h3-4,7H,2,5-6,8H2,1H3,(H2,15,16). The van der Waals surface area contributed by atoms with Crippen LogP contribution in [0.5, 0.6) is 0 Å². The Balaban J connectivity index is 2.03. The van der Waals surface area contributed by atoms with Crippen molar-refractivity contribution in [2.75, 3.05) is 12.3 Å². The van der Waals surface area contributed by atoms with Crippen molar-refractivity contribution in [3.05, 3.63) is 21.8 Å². The first-order chi connectivity index (χ1) is 8.57. The highest BCUT2D eigenvalue weighted by Gasteiger charge is 2.31. The fourth-order valence-corrected chi connectivity index (χ4v) is 3.06. The molecule has 2 aromatic rings. The van der Waals surface area contributed by atoms with Gasteiger partial charge in [0.25, 0.3) is 0 Å². The first-order valence-electron chi connectivity index (χ1n) is 6.13. The molecule has 0 amide bonds. The van der Waals surface area contributed by atoms with Gasteiger partial charge in [-0.15, -0.1) is 0 Å². The van der Waals surface area contributed by atoms with Gasteiger partial charge >= 0.3 is 0 Å². The monoisotopic (exact) mass is 357 g/mol. The van der Waals surface area contributed by atoms with Crippen molar-refractivity contribution in [1.82, 2.24) is 9.55 Å². The summed E-state index contributed by atoms with van der Waals surface area (Å²) >= 11 is 2.29. The zero-order chi connectivity index (χ0) is 12.8. The Labute approximate surface area is 120 Å². The van der Waals surface area contributed by atoms with Crippen molar-refractivity contribution < 1.29 is 4.74 Å². The highest BCUT2D eigenvalue weighted by Crippen LogP contribution is 2.30. The van der Waals surface area contributed by atoms with Crippen LogP contribution < -0.4 is 5.73 Å². The summed E-state index contributed by atoms with van der Waals surface area (Å²) in [6, 6.07) is 6.22. The number of nitrogens with two attached hydrogens (primary N) is 1. The highest BCUT2D eigenvalue weighted by molar-refractivity contribution is 14.1. The number of ether oxygens (including phenoxy) is 1. The molecule has 1 fully saturated rings. The van der Waals surface area contributed by atoms with Crippen molar-refractivity contribution in [3.63, 3.8) is 0 Å². The van der Waals surface area contributed by atoms with Crippen molar-refractivity contribution in [3.8, 4) is 0 Å². The molecule has 1 saturated heterocycles. The zero-order valence-electron chi connectivity index (χ0n) is 10.3. The van der Waals surface area contributed by atoms with Gasteiger partial charge in [-0.3, -0.25) is 0 Å². The van der Waals surface area contributed by atoms with Gasteiger partial charge in [-0.25, -0.2) is 4.98 Å². The molecule has 1 aliphatic heterocycles. The topological polar surface area (TPSA) is 53.1 Å². The summed E-state index contributed by atoms with van der Waals surface area (Å²) in [7, 11) is 0. The number of aromatic nitrogens is 2. The molecule has 0 bridgehead atoms. The van der Waals surface area contributed by atoms with Crippen LogP contribution >= 0.6 is 22.6 Å². The molecule has 0 aliphatic carbocycles. The lowest BCUT2D eigenvalue weighted by Gasteiger charge is -2.24. The van der Waals surface area contributed by atoms with Crippen LogP contribution in [0.4, 0.5) is 5.95 Å². The normalized spacial score (nSPS) is 23.9. The number of hydrogen-bond donors (Lipinski definition) is 1. The predicted molar refractivity (Wildman–Crippen MR) is 80.5 cm³/mol. The number of halogens is 1. The van der Waals surface area contributed by atoms with Gasteiger partial charge in [0, 0.05) is 10.2 Å². The van der Waals surface area contributed by atoms with E-state index in [1.165, 1.54) is 3.57 Å². The van der Waals surface area contributed by atoms with Gasteiger partial charge in [-0.2, -0.15) is 0 Å². The van der Waals surface area contributed by atoms with E-state index in [4.69, 9.17) is 10.5 Å². The molecular formula is C13H16IN3O. The summed E-state index contributed by atoms with van der Waals surface area (Å²) < 4.78 is 9.08. The second-order valence-electron chi connectivity index (χ2n) is 5.09. The number of anilines is 1. The van der Waals surface area contributed by atoms with E-state index in [2.05, 4.69) is 57.3 Å². The molecule has 4 nitrogen and oxygen atoms in total. The Hall–Kier alpha value is -0.820. The van der Waals surface area contributed by atoms with E-state index < -0.39 is 0 Å². The Morgan fingerprint density at radius 3 is 3.11 bits per heavy atom. The third kappa shape index (κ3) is 2.09. The number of rotatable bonds is 2. The molecule has 1 aromatic heterocycles. The van der Waals surface area contributed by atoms with Crippen molar-refractivity contribution in [1.29, 1.82) is 0 Å². The second kappa shape index (κ2) is 4.38. The summed E-state index contributed by atoms with van der Waals surface area (Å²) in [4.78, 5) is 4.43. The van der Waals surface area contributed by atoms with Crippen LogP contribution in [0.3, 0.4) is 0 Å². The summed E-state index contributed by atoms with van der Waals surface area (Å²) in [6.45, 7) is 3.77. The van der Waals surface area contributed by atoms with Gasteiger partial charge in [0.05, 0.1) is 23.2 Å².